The van der Waals surface area contributed by atoms with Gasteiger partial charge in [-0.25, -0.2) is 4.98 Å². The Balaban J connectivity index is 2.19. The third kappa shape index (κ3) is 2.62. The van der Waals surface area contributed by atoms with Gasteiger partial charge in [-0.05, 0) is 17.7 Å². The van der Waals surface area contributed by atoms with E-state index in [1.807, 2.05) is 35.0 Å². The monoisotopic (exact) mass is 247 g/mol. The van der Waals surface area contributed by atoms with E-state index in [0.29, 0.717) is 17.4 Å². The van der Waals surface area contributed by atoms with Gasteiger partial charge in [0.1, 0.15) is 10.7 Å². The first-order chi connectivity index (χ1) is 8.20. The van der Waals surface area contributed by atoms with E-state index >= 15 is 0 Å². The maximum Gasteiger partial charge on any atom is 0.167 e. The summed E-state index contributed by atoms with van der Waals surface area (Å²) in [5, 5.41) is 0. The zero-order valence-corrected chi connectivity index (χ0v) is 10.3. The van der Waals surface area contributed by atoms with E-state index < -0.39 is 0 Å². The summed E-state index contributed by atoms with van der Waals surface area (Å²) in [5.41, 5.74) is 6.73. The minimum Gasteiger partial charge on any atom is -0.497 e. The SMILES string of the molecule is COc1ccc(Cn2ccnc2C(N)=S)cc1. The molecular weight excluding hydrogens is 234 g/mol. The van der Waals surface area contributed by atoms with Crippen LogP contribution in [-0.2, 0) is 6.54 Å². The largest absolute Gasteiger partial charge is 0.497 e. The number of hydrogen-bond acceptors (Lipinski definition) is 3. The van der Waals surface area contributed by atoms with E-state index in [4.69, 9.17) is 22.7 Å². The van der Waals surface area contributed by atoms with Crippen LogP contribution in [-0.4, -0.2) is 21.6 Å². The molecule has 1 heterocycles. The van der Waals surface area contributed by atoms with Gasteiger partial charge in [-0.2, -0.15) is 0 Å². The molecule has 1 aromatic heterocycles. The molecule has 0 aliphatic heterocycles. The molecule has 0 bridgehead atoms. The fourth-order valence-corrected chi connectivity index (χ4v) is 1.76. The predicted molar refractivity (Wildman–Crippen MR) is 70.2 cm³/mol. The summed E-state index contributed by atoms with van der Waals surface area (Å²) in [6.07, 6.45) is 3.55. The number of ether oxygens (including phenoxy) is 1. The highest BCUT2D eigenvalue weighted by Crippen LogP contribution is 2.13. The van der Waals surface area contributed by atoms with Crippen molar-refractivity contribution in [2.24, 2.45) is 5.73 Å². The minimum absolute atomic E-state index is 0.309. The van der Waals surface area contributed by atoms with Gasteiger partial charge in [0.25, 0.3) is 0 Å². The molecule has 0 spiro atoms. The van der Waals surface area contributed by atoms with Gasteiger partial charge in [-0.15, -0.1) is 0 Å². The van der Waals surface area contributed by atoms with E-state index in [0.717, 1.165) is 11.3 Å². The van der Waals surface area contributed by atoms with Crippen LogP contribution in [0.4, 0.5) is 0 Å². The summed E-state index contributed by atoms with van der Waals surface area (Å²) in [6.45, 7) is 0.691. The molecule has 0 amide bonds. The van der Waals surface area contributed by atoms with Gasteiger partial charge in [-0.1, -0.05) is 24.4 Å². The molecule has 0 saturated carbocycles. The number of methoxy groups -OCH3 is 1. The van der Waals surface area contributed by atoms with E-state index in [2.05, 4.69) is 4.98 Å². The number of thiocarbonyl (C=S) groups is 1. The van der Waals surface area contributed by atoms with Gasteiger partial charge < -0.3 is 15.0 Å². The molecule has 88 valence electrons. The van der Waals surface area contributed by atoms with Crippen molar-refractivity contribution in [2.45, 2.75) is 6.54 Å². The third-order valence-electron chi connectivity index (χ3n) is 2.45. The summed E-state index contributed by atoms with van der Waals surface area (Å²) in [6, 6.07) is 7.85. The van der Waals surface area contributed by atoms with Crippen molar-refractivity contribution >= 4 is 17.2 Å². The second-order valence-corrected chi connectivity index (χ2v) is 4.03. The molecule has 0 atom stereocenters. The van der Waals surface area contributed by atoms with Crippen molar-refractivity contribution < 1.29 is 4.74 Å². The van der Waals surface area contributed by atoms with Crippen molar-refractivity contribution in [2.75, 3.05) is 7.11 Å². The van der Waals surface area contributed by atoms with Crippen molar-refractivity contribution in [3.63, 3.8) is 0 Å². The van der Waals surface area contributed by atoms with Gasteiger partial charge in [0.2, 0.25) is 0 Å². The third-order valence-corrected chi connectivity index (χ3v) is 2.63. The zero-order valence-electron chi connectivity index (χ0n) is 9.46. The van der Waals surface area contributed by atoms with Crippen LogP contribution in [0.5, 0.6) is 5.75 Å². The number of aromatic nitrogens is 2. The van der Waals surface area contributed by atoms with Crippen molar-refractivity contribution in [3.8, 4) is 5.75 Å². The maximum absolute atomic E-state index is 5.59. The first kappa shape index (κ1) is 11.6. The highest BCUT2D eigenvalue weighted by molar-refractivity contribution is 7.80. The smallest absolute Gasteiger partial charge is 0.167 e. The summed E-state index contributed by atoms with van der Waals surface area (Å²) in [4.78, 5) is 4.43. The van der Waals surface area contributed by atoms with Crippen LogP contribution in [0.1, 0.15) is 11.4 Å². The van der Waals surface area contributed by atoms with Crippen LogP contribution in [0, 0.1) is 0 Å². The zero-order chi connectivity index (χ0) is 12.3. The molecule has 2 N–H and O–H groups in total. The summed E-state index contributed by atoms with van der Waals surface area (Å²) >= 11 is 4.93. The number of hydrogen-bond donors (Lipinski definition) is 1. The first-order valence-corrected chi connectivity index (χ1v) is 5.55. The van der Waals surface area contributed by atoms with Crippen LogP contribution < -0.4 is 10.5 Å². The number of nitrogens with zero attached hydrogens (tertiary/aromatic N) is 2. The topological polar surface area (TPSA) is 53.1 Å². The van der Waals surface area contributed by atoms with Crippen molar-refractivity contribution in [3.05, 3.63) is 48.0 Å². The normalized spacial score (nSPS) is 10.2. The Hall–Kier alpha value is -1.88. The van der Waals surface area contributed by atoms with Crippen LogP contribution in [0.25, 0.3) is 0 Å². The standard InChI is InChI=1S/C12H13N3OS/c1-16-10-4-2-9(3-5-10)8-15-7-6-14-12(15)11(13)17/h2-7H,8H2,1H3,(H2,13,17). The highest BCUT2D eigenvalue weighted by atomic mass is 32.1. The molecule has 0 fully saturated rings. The lowest BCUT2D eigenvalue weighted by Gasteiger charge is -2.07. The van der Waals surface area contributed by atoms with Gasteiger partial charge in [0, 0.05) is 18.9 Å². The van der Waals surface area contributed by atoms with E-state index in [-0.39, 0.29) is 0 Å². The van der Waals surface area contributed by atoms with Crippen LogP contribution >= 0.6 is 12.2 Å². The quantitative estimate of drug-likeness (QED) is 0.833. The molecular formula is C12H13N3OS. The van der Waals surface area contributed by atoms with Gasteiger partial charge in [0.15, 0.2) is 5.82 Å². The van der Waals surface area contributed by atoms with E-state index in [1.165, 1.54) is 0 Å². The number of rotatable bonds is 4. The fourth-order valence-electron chi connectivity index (χ4n) is 1.59. The van der Waals surface area contributed by atoms with E-state index in [1.54, 1.807) is 13.3 Å². The Morgan fingerprint density at radius 3 is 2.71 bits per heavy atom. The molecule has 0 saturated heterocycles. The molecule has 0 radical (unpaired) electrons. The summed E-state index contributed by atoms with van der Waals surface area (Å²) in [5.74, 6) is 1.48. The Kier molecular flexibility index (Phi) is 3.39. The van der Waals surface area contributed by atoms with Crippen molar-refractivity contribution in [1.29, 1.82) is 0 Å². The molecule has 0 unspecified atom stereocenters. The van der Waals surface area contributed by atoms with Crippen molar-refractivity contribution in [1.82, 2.24) is 9.55 Å². The lowest BCUT2D eigenvalue weighted by atomic mass is 10.2. The average molecular weight is 247 g/mol. The Bertz CT molecular complexity index is 519. The molecule has 1 aromatic carbocycles. The van der Waals surface area contributed by atoms with Gasteiger partial charge in [-0.3, -0.25) is 0 Å². The second-order valence-electron chi connectivity index (χ2n) is 3.59. The lowest BCUT2D eigenvalue weighted by molar-refractivity contribution is 0.414. The molecule has 5 heteroatoms. The summed E-state index contributed by atoms with van der Waals surface area (Å²) in [7, 11) is 1.65. The second kappa shape index (κ2) is 4.97. The molecule has 0 aliphatic rings. The summed E-state index contributed by atoms with van der Waals surface area (Å²) < 4.78 is 7.03. The predicted octanol–water partition coefficient (Wildman–Crippen LogP) is 1.57. The Morgan fingerprint density at radius 1 is 1.41 bits per heavy atom. The molecule has 4 nitrogen and oxygen atoms in total. The van der Waals surface area contributed by atoms with Crippen LogP contribution in [0.3, 0.4) is 0 Å². The number of nitrogens with two attached hydrogens (primary N) is 1. The molecule has 17 heavy (non-hydrogen) atoms. The Morgan fingerprint density at radius 2 is 2.12 bits per heavy atom. The maximum atomic E-state index is 5.59. The number of benzene rings is 1. The Labute approximate surface area is 105 Å². The molecule has 2 aromatic rings. The molecule has 0 aliphatic carbocycles. The minimum atomic E-state index is 0.309. The van der Waals surface area contributed by atoms with Gasteiger partial charge >= 0.3 is 0 Å². The van der Waals surface area contributed by atoms with Crippen LogP contribution in [0.15, 0.2) is 36.7 Å². The average Bonchev–Trinajstić information content (AvgIpc) is 2.78. The highest BCUT2D eigenvalue weighted by Gasteiger charge is 2.05. The van der Waals surface area contributed by atoms with Gasteiger partial charge in [0.05, 0.1) is 7.11 Å². The number of imidazole rings is 1. The van der Waals surface area contributed by atoms with Crippen LogP contribution in [0.2, 0.25) is 0 Å². The first-order valence-electron chi connectivity index (χ1n) is 5.14. The fraction of sp³-hybridized carbons (Fsp3) is 0.167. The lowest BCUT2D eigenvalue weighted by Crippen LogP contribution is -2.17. The van der Waals surface area contributed by atoms with E-state index in [9.17, 15) is 0 Å². The molecule has 2 rings (SSSR count).